The number of fused-ring (bicyclic) bond motifs is 1. The summed E-state index contributed by atoms with van der Waals surface area (Å²) in [5.41, 5.74) is 4.67. The van der Waals surface area contributed by atoms with Crippen LogP contribution in [-0.2, 0) is 4.79 Å². The summed E-state index contributed by atoms with van der Waals surface area (Å²) in [5.74, 6) is 1.17. The SMILES string of the molecule is Cc1ccc(OCC(=O)Nc2ccc(-c3cn4cccnc4n3)cc2)c(C)c1. The van der Waals surface area contributed by atoms with Gasteiger partial charge in [0.1, 0.15) is 5.75 Å². The van der Waals surface area contributed by atoms with Crippen LogP contribution in [0.4, 0.5) is 5.69 Å². The number of anilines is 1. The van der Waals surface area contributed by atoms with Gasteiger partial charge < -0.3 is 10.1 Å². The fourth-order valence-corrected chi connectivity index (χ4v) is 3.00. The van der Waals surface area contributed by atoms with Crippen molar-refractivity contribution >= 4 is 17.4 Å². The summed E-state index contributed by atoms with van der Waals surface area (Å²) in [6.07, 6.45) is 5.54. The van der Waals surface area contributed by atoms with Crippen LogP contribution in [0, 0.1) is 13.8 Å². The summed E-state index contributed by atoms with van der Waals surface area (Å²) in [4.78, 5) is 20.9. The van der Waals surface area contributed by atoms with Crippen LogP contribution in [0.2, 0.25) is 0 Å². The average molecular weight is 372 g/mol. The molecule has 2 aromatic carbocycles. The van der Waals surface area contributed by atoms with E-state index in [1.54, 1.807) is 6.20 Å². The highest BCUT2D eigenvalue weighted by atomic mass is 16.5. The van der Waals surface area contributed by atoms with Gasteiger partial charge in [-0.1, -0.05) is 29.8 Å². The van der Waals surface area contributed by atoms with E-state index in [9.17, 15) is 4.79 Å². The first kappa shape index (κ1) is 17.7. The third kappa shape index (κ3) is 3.86. The molecule has 4 rings (SSSR count). The van der Waals surface area contributed by atoms with Gasteiger partial charge in [-0.05, 0) is 43.7 Å². The van der Waals surface area contributed by atoms with Crippen LogP contribution in [-0.4, -0.2) is 26.9 Å². The summed E-state index contributed by atoms with van der Waals surface area (Å²) in [5, 5.41) is 2.85. The van der Waals surface area contributed by atoms with Gasteiger partial charge in [0.2, 0.25) is 5.78 Å². The molecule has 1 amide bonds. The van der Waals surface area contributed by atoms with Crippen LogP contribution in [0.3, 0.4) is 0 Å². The van der Waals surface area contributed by atoms with Crippen molar-refractivity contribution in [1.29, 1.82) is 0 Å². The molecular formula is C22H20N4O2. The molecule has 0 saturated carbocycles. The molecule has 0 aliphatic carbocycles. The van der Waals surface area contributed by atoms with E-state index in [1.807, 2.05) is 79.2 Å². The number of nitrogens with one attached hydrogen (secondary N) is 1. The maximum absolute atomic E-state index is 12.2. The highest BCUT2D eigenvalue weighted by molar-refractivity contribution is 5.92. The van der Waals surface area contributed by atoms with E-state index in [-0.39, 0.29) is 12.5 Å². The molecule has 0 unspecified atom stereocenters. The number of rotatable bonds is 5. The van der Waals surface area contributed by atoms with Gasteiger partial charge in [-0.2, -0.15) is 0 Å². The fourth-order valence-electron chi connectivity index (χ4n) is 3.00. The molecule has 0 spiro atoms. The minimum atomic E-state index is -0.204. The number of hydrogen-bond acceptors (Lipinski definition) is 4. The number of aromatic nitrogens is 3. The lowest BCUT2D eigenvalue weighted by Gasteiger charge is -2.10. The zero-order valence-corrected chi connectivity index (χ0v) is 15.7. The standard InChI is InChI=1S/C22H20N4O2/c1-15-4-9-20(16(2)12-15)28-14-21(27)24-18-7-5-17(6-8-18)19-13-26-11-3-10-23-22(26)25-19/h3-13H,14H2,1-2H3,(H,24,27). The van der Waals surface area contributed by atoms with E-state index in [4.69, 9.17) is 4.74 Å². The van der Waals surface area contributed by atoms with Crippen LogP contribution >= 0.6 is 0 Å². The molecule has 0 bridgehead atoms. The minimum Gasteiger partial charge on any atom is -0.483 e. The topological polar surface area (TPSA) is 68.5 Å². The van der Waals surface area contributed by atoms with Crippen molar-refractivity contribution in [3.63, 3.8) is 0 Å². The zero-order chi connectivity index (χ0) is 19.5. The molecule has 0 fully saturated rings. The van der Waals surface area contributed by atoms with Crippen LogP contribution in [0.25, 0.3) is 17.0 Å². The molecule has 0 radical (unpaired) electrons. The zero-order valence-electron chi connectivity index (χ0n) is 15.7. The van der Waals surface area contributed by atoms with Gasteiger partial charge in [-0.15, -0.1) is 0 Å². The number of ether oxygens (including phenoxy) is 1. The van der Waals surface area contributed by atoms with Crippen LogP contribution in [0.5, 0.6) is 5.75 Å². The van der Waals surface area contributed by atoms with Crippen LogP contribution < -0.4 is 10.1 Å². The second kappa shape index (κ2) is 7.52. The number of nitrogens with zero attached hydrogens (tertiary/aromatic N) is 3. The van der Waals surface area contributed by atoms with Crippen molar-refractivity contribution < 1.29 is 9.53 Å². The molecule has 0 aliphatic rings. The summed E-state index contributed by atoms with van der Waals surface area (Å²) in [6.45, 7) is 3.95. The molecule has 1 N–H and O–H groups in total. The van der Waals surface area contributed by atoms with Crippen LogP contribution in [0.1, 0.15) is 11.1 Å². The van der Waals surface area contributed by atoms with Gasteiger partial charge in [-0.3, -0.25) is 9.20 Å². The number of hydrogen-bond donors (Lipinski definition) is 1. The largest absolute Gasteiger partial charge is 0.483 e. The highest BCUT2D eigenvalue weighted by Crippen LogP contribution is 2.21. The van der Waals surface area contributed by atoms with E-state index in [2.05, 4.69) is 15.3 Å². The first-order valence-electron chi connectivity index (χ1n) is 8.98. The van der Waals surface area contributed by atoms with Gasteiger partial charge >= 0.3 is 0 Å². The summed E-state index contributed by atoms with van der Waals surface area (Å²) in [7, 11) is 0. The molecule has 6 nitrogen and oxygen atoms in total. The highest BCUT2D eigenvalue weighted by Gasteiger charge is 2.08. The third-order valence-corrected chi connectivity index (χ3v) is 4.39. The van der Waals surface area contributed by atoms with Crippen LogP contribution in [0.15, 0.2) is 67.1 Å². The van der Waals surface area contributed by atoms with Gasteiger partial charge in [0.05, 0.1) is 5.69 Å². The Morgan fingerprint density at radius 2 is 1.96 bits per heavy atom. The lowest BCUT2D eigenvalue weighted by atomic mass is 10.1. The Balaban J connectivity index is 1.39. The number of imidazole rings is 1. The molecule has 140 valence electrons. The van der Waals surface area contributed by atoms with Gasteiger partial charge in [0, 0.05) is 29.8 Å². The number of benzene rings is 2. The normalized spacial score (nSPS) is 10.8. The van der Waals surface area contributed by atoms with Crippen molar-refractivity contribution in [1.82, 2.24) is 14.4 Å². The van der Waals surface area contributed by atoms with Crippen molar-refractivity contribution in [3.8, 4) is 17.0 Å². The molecule has 6 heteroatoms. The summed E-state index contributed by atoms with van der Waals surface area (Å²) >= 11 is 0. The van der Waals surface area contributed by atoms with Crippen molar-refractivity contribution in [2.24, 2.45) is 0 Å². The summed E-state index contributed by atoms with van der Waals surface area (Å²) in [6, 6.07) is 15.3. The maximum atomic E-state index is 12.2. The van der Waals surface area contributed by atoms with Gasteiger partial charge in [-0.25, -0.2) is 9.97 Å². The number of amides is 1. The molecule has 28 heavy (non-hydrogen) atoms. The Morgan fingerprint density at radius 3 is 2.71 bits per heavy atom. The molecule has 0 atom stereocenters. The number of carbonyl (C=O) groups is 1. The van der Waals surface area contributed by atoms with E-state index >= 15 is 0 Å². The van der Waals surface area contributed by atoms with E-state index in [0.717, 1.165) is 28.1 Å². The van der Waals surface area contributed by atoms with Crippen molar-refractivity contribution in [2.45, 2.75) is 13.8 Å². The maximum Gasteiger partial charge on any atom is 0.262 e. The average Bonchev–Trinajstić information content (AvgIpc) is 3.12. The van der Waals surface area contributed by atoms with E-state index in [1.165, 1.54) is 0 Å². The molecular weight excluding hydrogens is 352 g/mol. The first-order valence-corrected chi connectivity index (χ1v) is 8.98. The monoisotopic (exact) mass is 372 g/mol. The van der Waals surface area contributed by atoms with Crippen molar-refractivity contribution in [3.05, 3.63) is 78.2 Å². The molecule has 4 aromatic rings. The van der Waals surface area contributed by atoms with E-state index < -0.39 is 0 Å². The molecule has 0 aliphatic heterocycles. The Kier molecular flexibility index (Phi) is 4.76. The van der Waals surface area contributed by atoms with Gasteiger partial charge in [0.15, 0.2) is 6.61 Å². The number of aryl methyl sites for hydroxylation is 2. The van der Waals surface area contributed by atoms with E-state index in [0.29, 0.717) is 11.5 Å². The Bertz CT molecular complexity index is 1100. The van der Waals surface area contributed by atoms with Gasteiger partial charge in [0.25, 0.3) is 5.91 Å². The predicted molar refractivity (Wildman–Crippen MR) is 108 cm³/mol. The predicted octanol–water partition coefficient (Wildman–Crippen LogP) is 4.03. The van der Waals surface area contributed by atoms with Crippen molar-refractivity contribution in [2.75, 3.05) is 11.9 Å². The number of carbonyl (C=O) groups excluding carboxylic acids is 1. The third-order valence-electron chi connectivity index (χ3n) is 4.39. The molecule has 0 saturated heterocycles. The molecule has 2 heterocycles. The molecule has 2 aromatic heterocycles. The first-order chi connectivity index (χ1) is 13.6. The second-order valence-electron chi connectivity index (χ2n) is 6.64. The Hall–Kier alpha value is -3.67. The lowest BCUT2D eigenvalue weighted by Crippen LogP contribution is -2.20. The Labute approximate surface area is 162 Å². The second-order valence-corrected chi connectivity index (χ2v) is 6.64. The lowest BCUT2D eigenvalue weighted by molar-refractivity contribution is -0.118. The fraction of sp³-hybridized carbons (Fsp3) is 0.136. The minimum absolute atomic E-state index is 0.0379. The summed E-state index contributed by atoms with van der Waals surface area (Å²) < 4.78 is 7.49. The Morgan fingerprint density at radius 1 is 1.14 bits per heavy atom. The quantitative estimate of drug-likeness (QED) is 0.574. The smallest absolute Gasteiger partial charge is 0.262 e.